The van der Waals surface area contributed by atoms with Gasteiger partial charge in [-0.3, -0.25) is 9.59 Å². The van der Waals surface area contributed by atoms with Gasteiger partial charge in [0.2, 0.25) is 21.8 Å². The third-order valence-corrected chi connectivity index (χ3v) is 8.81. The van der Waals surface area contributed by atoms with E-state index in [4.69, 9.17) is 0 Å². The van der Waals surface area contributed by atoms with Crippen molar-refractivity contribution in [3.8, 4) is 0 Å². The van der Waals surface area contributed by atoms with Crippen LogP contribution in [0.25, 0.3) is 0 Å². The third kappa shape index (κ3) is 9.36. The van der Waals surface area contributed by atoms with E-state index in [1.54, 1.807) is 36.1 Å². The number of aryl methyl sites for hydroxylation is 2. The molecule has 2 N–H and O–H groups in total. The van der Waals surface area contributed by atoms with Crippen molar-refractivity contribution in [2.24, 2.45) is 0 Å². The van der Waals surface area contributed by atoms with Crippen molar-refractivity contribution in [3.63, 3.8) is 0 Å². The highest BCUT2D eigenvalue weighted by Crippen LogP contribution is 2.18. The summed E-state index contributed by atoms with van der Waals surface area (Å²) in [4.78, 5) is 29.6. The lowest BCUT2D eigenvalue weighted by Crippen LogP contribution is -2.50. The Kier molecular flexibility index (Phi) is 11.2. The van der Waals surface area contributed by atoms with Crippen LogP contribution in [0.2, 0.25) is 0 Å². The lowest BCUT2D eigenvalue weighted by atomic mass is 10.0. The van der Waals surface area contributed by atoms with Crippen molar-refractivity contribution >= 4 is 21.8 Å². The van der Waals surface area contributed by atoms with Gasteiger partial charge in [0.05, 0.1) is 4.90 Å². The molecule has 0 aliphatic rings. The first-order valence-electron chi connectivity index (χ1n) is 14.5. The van der Waals surface area contributed by atoms with E-state index >= 15 is 0 Å². The number of carbonyl (C=O) groups excluding carboxylic acids is 2. The number of benzene rings is 4. The minimum absolute atomic E-state index is 0.153. The lowest BCUT2D eigenvalue weighted by Gasteiger charge is -2.31. The largest absolute Gasteiger partial charge is 0.350 e. The van der Waals surface area contributed by atoms with Crippen LogP contribution in [0.15, 0.2) is 114 Å². The predicted molar refractivity (Wildman–Crippen MR) is 170 cm³/mol. The molecule has 0 bridgehead atoms. The van der Waals surface area contributed by atoms with Crippen molar-refractivity contribution in [2.45, 2.75) is 57.1 Å². The first kappa shape index (κ1) is 31.7. The molecule has 0 saturated carbocycles. The van der Waals surface area contributed by atoms with Gasteiger partial charge in [-0.15, -0.1) is 0 Å². The number of nitrogens with one attached hydrogen (secondary N) is 2. The van der Waals surface area contributed by atoms with Crippen LogP contribution in [0.5, 0.6) is 0 Å². The SMILES string of the molecule is CCNS(=O)(=O)c1ccc(CCC(=O)N(Cc2ccccc2)[C@H](Cc2ccccc2)C(=O)NCc2ccc(C)cc2)cc1. The monoisotopic (exact) mass is 597 g/mol. The third-order valence-electron chi connectivity index (χ3n) is 7.25. The molecule has 8 heteroatoms. The van der Waals surface area contributed by atoms with Gasteiger partial charge < -0.3 is 10.2 Å². The maximum atomic E-state index is 13.9. The summed E-state index contributed by atoms with van der Waals surface area (Å²) in [5.41, 5.74) is 4.86. The van der Waals surface area contributed by atoms with Gasteiger partial charge >= 0.3 is 0 Å². The standard InChI is InChI=1S/C35H39N3O4S/c1-3-37-43(41,42)32-21-18-28(19-22-32)20-23-34(39)38(26-31-12-8-5-9-13-31)33(24-29-10-6-4-7-11-29)35(40)36-25-30-16-14-27(2)15-17-30/h4-19,21-22,33,37H,3,20,23-26H2,1-2H3,(H,36,40)/t33-/m1/s1. The Balaban J connectivity index is 1.56. The van der Waals surface area contributed by atoms with Gasteiger partial charge in [-0.25, -0.2) is 13.1 Å². The molecular weight excluding hydrogens is 558 g/mol. The van der Waals surface area contributed by atoms with Crippen molar-refractivity contribution in [1.29, 1.82) is 0 Å². The number of amides is 2. The highest BCUT2D eigenvalue weighted by molar-refractivity contribution is 7.89. The summed E-state index contributed by atoms with van der Waals surface area (Å²) in [7, 11) is -3.55. The molecule has 0 aliphatic carbocycles. The van der Waals surface area contributed by atoms with E-state index in [1.807, 2.05) is 91.9 Å². The normalized spacial score (nSPS) is 12.0. The molecule has 4 rings (SSSR count). The molecule has 2 amide bonds. The van der Waals surface area contributed by atoms with Crippen LogP contribution < -0.4 is 10.0 Å². The summed E-state index contributed by atoms with van der Waals surface area (Å²) >= 11 is 0. The second-order valence-electron chi connectivity index (χ2n) is 10.6. The average molecular weight is 598 g/mol. The van der Waals surface area contributed by atoms with E-state index in [2.05, 4.69) is 10.0 Å². The maximum absolute atomic E-state index is 13.9. The molecule has 0 aliphatic heterocycles. The first-order chi connectivity index (χ1) is 20.7. The van der Waals surface area contributed by atoms with Crippen LogP contribution in [0.1, 0.15) is 41.2 Å². The Labute approximate surface area is 255 Å². The summed E-state index contributed by atoms with van der Waals surface area (Å²) in [6, 6.07) is 33.2. The second kappa shape index (κ2) is 15.3. The molecule has 1 atom stereocenters. The summed E-state index contributed by atoms with van der Waals surface area (Å²) < 4.78 is 27.1. The fraction of sp³-hybridized carbons (Fsp3) is 0.257. The summed E-state index contributed by atoms with van der Waals surface area (Å²) in [6.07, 6.45) is 0.952. The molecule has 0 radical (unpaired) electrons. The van der Waals surface area contributed by atoms with Gasteiger partial charge in [-0.05, 0) is 47.7 Å². The molecule has 0 fully saturated rings. The molecule has 0 heterocycles. The van der Waals surface area contributed by atoms with Gasteiger partial charge in [0, 0.05) is 32.5 Å². The zero-order valence-corrected chi connectivity index (χ0v) is 25.5. The van der Waals surface area contributed by atoms with Crippen LogP contribution in [0.3, 0.4) is 0 Å². The van der Waals surface area contributed by atoms with Crippen molar-refractivity contribution in [2.75, 3.05) is 6.54 Å². The van der Waals surface area contributed by atoms with Crippen LogP contribution in [-0.4, -0.2) is 37.7 Å². The summed E-state index contributed by atoms with van der Waals surface area (Å²) in [6.45, 7) is 4.70. The smallest absolute Gasteiger partial charge is 0.243 e. The minimum atomic E-state index is -3.55. The Morgan fingerprint density at radius 1 is 0.744 bits per heavy atom. The Morgan fingerprint density at radius 3 is 1.93 bits per heavy atom. The highest BCUT2D eigenvalue weighted by Gasteiger charge is 2.30. The van der Waals surface area contributed by atoms with Crippen LogP contribution >= 0.6 is 0 Å². The molecule has 0 aromatic heterocycles. The number of sulfonamides is 1. The Bertz CT molecular complexity index is 1570. The Morgan fingerprint density at radius 2 is 1.33 bits per heavy atom. The quantitative estimate of drug-likeness (QED) is 0.209. The van der Waals surface area contributed by atoms with Gasteiger partial charge in [-0.2, -0.15) is 0 Å². The van der Waals surface area contributed by atoms with E-state index < -0.39 is 16.1 Å². The van der Waals surface area contributed by atoms with Crippen LogP contribution in [0, 0.1) is 6.92 Å². The highest BCUT2D eigenvalue weighted by atomic mass is 32.2. The molecule has 43 heavy (non-hydrogen) atoms. The predicted octanol–water partition coefficient (Wildman–Crippen LogP) is 5.18. The lowest BCUT2D eigenvalue weighted by molar-refractivity contribution is -0.141. The van der Waals surface area contributed by atoms with Gasteiger partial charge in [0.25, 0.3) is 0 Å². The molecule has 4 aromatic rings. The first-order valence-corrected chi connectivity index (χ1v) is 16.0. The van der Waals surface area contributed by atoms with E-state index in [9.17, 15) is 18.0 Å². The number of hydrogen-bond donors (Lipinski definition) is 2. The zero-order chi connectivity index (χ0) is 30.7. The van der Waals surface area contributed by atoms with Gasteiger partial charge in [-0.1, -0.05) is 110 Å². The molecule has 224 valence electrons. The summed E-state index contributed by atoms with van der Waals surface area (Å²) in [5, 5.41) is 3.07. The zero-order valence-electron chi connectivity index (χ0n) is 24.7. The Hall–Kier alpha value is -4.27. The topological polar surface area (TPSA) is 95.6 Å². The molecule has 0 unspecified atom stereocenters. The molecule has 4 aromatic carbocycles. The maximum Gasteiger partial charge on any atom is 0.243 e. The van der Waals surface area contributed by atoms with Crippen LogP contribution in [-0.2, 0) is 45.5 Å². The van der Waals surface area contributed by atoms with E-state index in [1.165, 1.54) is 0 Å². The minimum Gasteiger partial charge on any atom is -0.350 e. The van der Waals surface area contributed by atoms with E-state index in [-0.39, 0.29) is 29.7 Å². The molecular formula is C35H39N3O4S. The van der Waals surface area contributed by atoms with E-state index in [0.717, 1.165) is 27.8 Å². The van der Waals surface area contributed by atoms with Crippen molar-refractivity contribution < 1.29 is 18.0 Å². The average Bonchev–Trinajstić information content (AvgIpc) is 3.02. The fourth-order valence-electron chi connectivity index (χ4n) is 4.85. The van der Waals surface area contributed by atoms with E-state index in [0.29, 0.717) is 25.9 Å². The fourth-order valence-corrected chi connectivity index (χ4v) is 5.89. The van der Waals surface area contributed by atoms with Crippen molar-refractivity contribution in [1.82, 2.24) is 14.9 Å². The second-order valence-corrected chi connectivity index (χ2v) is 12.3. The molecule has 7 nitrogen and oxygen atoms in total. The summed E-state index contributed by atoms with van der Waals surface area (Å²) in [5.74, 6) is -0.369. The number of hydrogen-bond acceptors (Lipinski definition) is 4. The van der Waals surface area contributed by atoms with Crippen molar-refractivity contribution in [3.05, 3.63) is 137 Å². The van der Waals surface area contributed by atoms with Gasteiger partial charge in [0.15, 0.2) is 0 Å². The molecule has 0 saturated heterocycles. The number of nitrogens with zero attached hydrogens (tertiary/aromatic N) is 1. The van der Waals surface area contributed by atoms with Crippen LogP contribution in [0.4, 0.5) is 0 Å². The molecule has 0 spiro atoms. The van der Waals surface area contributed by atoms with Gasteiger partial charge in [0.1, 0.15) is 6.04 Å². The number of carbonyl (C=O) groups is 2. The number of rotatable bonds is 14.